The Labute approximate surface area is 143 Å². The van der Waals surface area contributed by atoms with Gasteiger partial charge in [0.2, 0.25) is 0 Å². The molecule has 4 nitrogen and oxygen atoms in total. The molecule has 1 heterocycles. The van der Waals surface area contributed by atoms with Crippen molar-refractivity contribution in [1.82, 2.24) is 9.97 Å². The average molecular weight is 340 g/mol. The first-order valence-electron chi connectivity index (χ1n) is 7.51. The molecule has 0 amide bonds. The highest BCUT2D eigenvalue weighted by molar-refractivity contribution is 5.92. The molecule has 0 unspecified atom stereocenters. The minimum atomic E-state index is -1.29. The van der Waals surface area contributed by atoms with Crippen LogP contribution in [0, 0.1) is 25.5 Å². The van der Waals surface area contributed by atoms with Crippen LogP contribution in [0.3, 0.4) is 0 Å². The quantitative estimate of drug-likeness (QED) is 0.528. The monoisotopic (exact) mass is 340 g/mol. The predicted octanol–water partition coefficient (Wildman–Crippen LogP) is 4.26. The summed E-state index contributed by atoms with van der Waals surface area (Å²) in [7, 11) is 0. The molecule has 0 atom stereocenters. The zero-order valence-corrected chi connectivity index (χ0v) is 13.6. The number of halogens is 2. The number of esters is 1. The second kappa shape index (κ2) is 6.76. The van der Waals surface area contributed by atoms with Gasteiger partial charge >= 0.3 is 5.97 Å². The van der Waals surface area contributed by atoms with Crippen molar-refractivity contribution in [3.63, 3.8) is 0 Å². The molecule has 0 aliphatic heterocycles. The minimum absolute atomic E-state index is 0.0421. The Hall–Kier alpha value is -3.15. The first kappa shape index (κ1) is 16.7. The van der Waals surface area contributed by atoms with Crippen LogP contribution in [0.2, 0.25) is 0 Å². The zero-order chi connectivity index (χ0) is 18.0. The summed E-state index contributed by atoms with van der Waals surface area (Å²) < 4.78 is 33.7. The van der Waals surface area contributed by atoms with Crippen LogP contribution in [-0.4, -0.2) is 15.9 Å². The molecule has 0 fully saturated rings. The van der Waals surface area contributed by atoms with Gasteiger partial charge in [-0.05, 0) is 43.7 Å². The van der Waals surface area contributed by atoms with Gasteiger partial charge in [-0.1, -0.05) is 17.7 Å². The Morgan fingerprint density at radius 3 is 2.16 bits per heavy atom. The van der Waals surface area contributed by atoms with E-state index in [9.17, 15) is 13.6 Å². The van der Waals surface area contributed by atoms with Gasteiger partial charge in [-0.3, -0.25) is 0 Å². The van der Waals surface area contributed by atoms with E-state index in [4.69, 9.17) is 4.74 Å². The fourth-order valence-electron chi connectivity index (χ4n) is 2.18. The Morgan fingerprint density at radius 1 is 0.880 bits per heavy atom. The largest absolute Gasteiger partial charge is 0.423 e. The summed E-state index contributed by atoms with van der Waals surface area (Å²) in [5, 5.41) is 0. The van der Waals surface area contributed by atoms with Gasteiger partial charge in [-0.25, -0.2) is 23.5 Å². The van der Waals surface area contributed by atoms with Gasteiger partial charge in [0.05, 0.1) is 11.1 Å². The standard InChI is InChI=1S/C19H14F2N2O2/c1-11-3-5-13(6-4-11)25-19(24)15-8-7-14(16(20)17(15)21)18-22-9-12(2)10-23-18/h3-10H,1-2H3. The van der Waals surface area contributed by atoms with E-state index >= 15 is 0 Å². The van der Waals surface area contributed by atoms with Gasteiger partial charge in [0.15, 0.2) is 17.5 Å². The number of hydrogen-bond acceptors (Lipinski definition) is 4. The molecule has 25 heavy (non-hydrogen) atoms. The third-order valence-electron chi connectivity index (χ3n) is 3.56. The van der Waals surface area contributed by atoms with Crippen LogP contribution in [0.5, 0.6) is 5.75 Å². The maximum atomic E-state index is 14.3. The van der Waals surface area contributed by atoms with E-state index in [0.717, 1.165) is 17.2 Å². The highest BCUT2D eigenvalue weighted by atomic mass is 19.2. The number of nitrogens with zero attached hydrogens (tertiary/aromatic N) is 2. The number of carbonyl (C=O) groups excluding carboxylic acids is 1. The van der Waals surface area contributed by atoms with Gasteiger partial charge in [0, 0.05) is 12.4 Å². The smallest absolute Gasteiger partial charge is 0.346 e. The highest BCUT2D eigenvalue weighted by Gasteiger charge is 2.22. The van der Waals surface area contributed by atoms with Crippen LogP contribution < -0.4 is 4.74 Å². The highest BCUT2D eigenvalue weighted by Crippen LogP contribution is 2.25. The van der Waals surface area contributed by atoms with Crippen LogP contribution in [-0.2, 0) is 0 Å². The van der Waals surface area contributed by atoms with Gasteiger partial charge < -0.3 is 4.74 Å². The summed E-state index contributed by atoms with van der Waals surface area (Å²) in [5.74, 6) is -3.17. The maximum absolute atomic E-state index is 14.3. The SMILES string of the molecule is Cc1ccc(OC(=O)c2ccc(-c3ncc(C)cn3)c(F)c2F)cc1. The van der Waals surface area contributed by atoms with Gasteiger partial charge in [0.1, 0.15) is 5.75 Å². The molecular weight excluding hydrogens is 326 g/mol. The number of benzene rings is 2. The average Bonchev–Trinajstić information content (AvgIpc) is 2.60. The van der Waals surface area contributed by atoms with Crippen molar-refractivity contribution in [2.45, 2.75) is 13.8 Å². The van der Waals surface area contributed by atoms with Crippen molar-refractivity contribution in [2.24, 2.45) is 0 Å². The second-order valence-corrected chi connectivity index (χ2v) is 5.58. The van der Waals surface area contributed by atoms with E-state index < -0.39 is 23.2 Å². The summed E-state index contributed by atoms with van der Waals surface area (Å²) >= 11 is 0. The molecule has 0 aliphatic rings. The maximum Gasteiger partial charge on any atom is 0.346 e. The molecule has 0 saturated carbocycles. The van der Waals surface area contributed by atoms with Gasteiger partial charge in [0.25, 0.3) is 0 Å². The molecule has 1 aromatic heterocycles. The van der Waals surface area contributed by atoms with Crippen LogP contribution in [0.4, 0.5) is 8.78 Å². The molecule has 0 saturated heterocycles. The Morgan fingerprint density at radius 2 is 1.52 bits per heavy atom. The lowest BCUT2D eigenvalue weighted by Crippen LogP contribution is -2.12. The van der Waals surface area contributed by atoms with E-state index in [2.05, 4.69) is 9.97 Å². The van der Waals surface area contributed by atoms with Crippen molar-refractivity contribution in [3.8, 4) is 17.1 Å². The molecule has 0 aliphatic carbocycles. The van der Waals surface area contributed by atoms with E-state index in [1.54, 1.807) is 31.2 Å². The van der Waals surface area contributed by atoms with E-state index in [1.165, 1.54) is 18.5 Å². The van der Waals surface area contributed by atoms with Crippen LogP contribution in [0.25, 0.3) is 11.4 Å². The summed E-state index contributed by atoms with van der Waals surface area (Å²) in [6.07, 6.45) is 3.00. The predicted molar refractivity (Wildman–Crippen MR) is 88.3 cm³/mol. The molecule has 3 rings (SSSR count). The normalized spacial score (nSPS) is 10.6. The molecule has 126 valence electrons. The summed E-state index contributed by atoms with van der Waals surface area (Å²) in [6.45, 7) is 3.66. The number of aromatic nitrogens is 2. The van der Waals surface area contributed by atoms with Crippen molar-refractivity contribution < 1.29 is 18.3 Å². The molecular formula is C19H14F2N2O2. The molecule has 3 aromatic rings. The zero-order valence-electron chi connectivity index (χ0n) is 13.6. The topological polar surface area (TPSA) is 52.1 Å². The van der Waals surface area contributed by atoms with Gasteiger partial charge in [-0.2, -0.15) is 0 Å². The molecule has 0 radical (unpaired) electrons. The number of rotatable bonds is 3. The van der Waals surface area contributed by atoms with Gasteiger partial charge in [-0.15, -0.1) is 0 Å². The summed E-state index contributed by atoms with van der Waals surface area (Å²) in [5.41, 5.74) is 1.17. The van der Waals surface area contributed by atoms with E-state index in [0.29, 0.717) is 0 Å². The lowest BCUT2D eigenvalue weighted by molar-refractivity contribution is 0.0728. The molecule has 6 heteroatoms. The lowest BCUT2D eigenvalue weighted by Gasteiger charge is -2.08. The third-order valence-corrected chi connectivity index (χ3v) is 3.56. The Balaban J connectivity index is 1.90. The minimum Gasteiger partial charge on any atom is -0.423 e. The number of carbonyl (C=O) groups is 1. The van der Waals surface area contributed by atoms with Crippen molar-refractivity contribution in [3.05, 3.63) is 77.1 Å². The van der Waals surface area contributed by atoms with E-state index in [1.807, 2.05) is 6.92 Å². The summed E-state index contributed by atoms with van der Waals surface area (Å²) in [6, 6.07) is 9.07. The van der Waals surface area contributed by atoms with Crippen molar-refractivity contribution >= 4 is 5.97 Å². The second-order valence-electron chi connectivity index (χ2n) is 5.58. The Kier molecular flexibility index (Phi) is 4.52. The van der Waals surface area contributed by atoms with E-state index in [-0.39, 0.29) is 17.1 Å². The lowest BCUT2D eigenvalue weighted by atomic mass is 10.1. The molecule has 0 bridgehead atoms. The first-order chi connectivity index (χ1) is 12.0. The van der Waals surface area contributed by atoms with Crippen molar-refractivity contribution in [2.75, 3.05) is 0 Å². The fourth-order valence-corrected chi connectivity index (χ4v) is 2.18. The molecule has 0 spiro atoms. The first-order valence-corrected chi connectivity index (χ1v) is 7.51. The number of hydrogen-bond donors (Lipinski definition) is 0. The van der Waals surface area contributed by atoms with Crippen LogP contribution >= 0.6 is 0 Å². The molecule has 2 aromatic carbocycles. The number of aryl methyl sites for hydroxylation is 2. The Bertz CT molecular complexity index is 923. The van der Waals surface area contributed by atoms with Crippen LogP contribution in [0.1, 0.15) is 21.5 Å². The van der Waals surface area contributed by atoms with Crippen molar-refractivity contribution in [1.29, 1.82) is 0 Å². The summed E-state index contributed by atoms with van der Waals surface area (Å²) in [4.78, 5) is 20.0. The number of ether oxygens (including phenoxy) is 1. The van der Waals surface area contributed by atoms with Crippen LogP contribution in [0.15, 0.2) is 48.8 Å². The molecule has 0 N–H and O–H groups in total. The fraction of sp³-hybridized carbons (Fsp3) is 0.105. The third kappa shape index (κ3) is 3.52.